The van der Waals surface area contributed by atoms with Crippen LogP contribution in [-0.4, -0.2) is 40.5 Å². The van der Waals surface area contributed by atoms with Crippen molar-refractivity contribution in [1.29, 1.82) is 5.26 Å². The predicted octanol–water partition coefficient (Wildman–Crippen LogP) is 3.06. The number of aromatic amines is 1. The van der Waals surface area contributed by atoms with Crippen LogP contribution in [0.2, 0.25) is 0 Å². The van der Waals surface area contributed by atoms with Crippen molar-refractivity contribution in [2.24, 2.45) is 5.92 Å². The summed E-state index contributed by atoms with van der Waals surface area (Å²) in [4.78, 5) is 22.0. The monoisotopic (exact) mass is 339 g/mol. The number of H-pyrrole nitrogens is 1. The number of carbonyl (C=O) groups is 1. The normalized spacial score (nSPS) is 15.3. The standard InChI is InChI=1S/C19H25N5O/c1-13-5-6-16-18(14(13)2)23-17(22-16)4-3-9-21-19(25)24-10-7-15(12-20)8-11-24/h5-6,15H,3-4,7-11H2,1-2H3,(H,21,25)(H,22,23). The summed E-state index contributed by atoms with van der Waals surface area (Å²) in [5.74, 6) is 1.07. The molecule has 132 valence electrons. The molecule has 0 radical (unpaired) electrons. The fraction of sp³-hybridized carbons (Fsp3) is 0.526. The molecule has 1 saturated heterocycles. The maximum atomic E-state index is 12.1. The second-order valence-electron chi connectivity index (χ2n) is 6.81. The van der Waals surface area contributed by atoms with Gasteiger partial charge >= 0.3 is 6.03 Å². The van der Waals surface area contributed by atoms with Crippen LogP contribution in [0.4, 0.5) is 4.79 Å². The van der Waals surface area contributed by atoms with Gasteiger partial charge in [-0.15, -0.1) is 0 Å². The van der Waals surface area contributed by atoms with E-state index >= 15 is 0 Å². The number of nitriles is 1. The fourth-order valence-electron chi connectivity index (χ4n) is 3.26. The molecule has 6 heteroatoms. The number of piperidine rings is 1. The lowest BCUT2D eigenvalue weighted by Gasteiger charge is -2.29. The second-order valence-corrected chi connectivity index (χ2v) is 6.81. The van der Waals surface area contributed by atoms with E-state index in [1.807, 2.05) is 0 Å². The average Bonchev–Trinajstić information content (AvgIpc) is 3.05. The zero-order valence-corrected chi connectivity index (χ0v) is 14.9. The van der Waals surface area contributed by atoms with E-state index in [0.29, 0.717) is 19.6 Å². The molecule has 0 aliphatic carbocycles. The third-order valence-electron chi connectivity index (χ3n) is 5.06. The van der Waals surface area contributed by atoms with Crippen LogP contribution >= 0.6 is 0 Å². The summed E-state index contributed by atoms with van der Waals surface area (Å²) in [6.45, 7) is 6.17. The minimum absolute atomic E-state index is 0.0209. The maximum absolute atomic E-state index is 12.1. The van der Waals surface area contributed by atoms with Crippen LogP contribution < -0.4 is 5.32 Å². The van der Waals surface area contributed by atoms with E-state index in [4.69, 9.17) is 5.26 Å². The van der Waals surface area contributed by atoms with Gasteiger partial charge < -0.3 is 15.2 Å². The minimum atomic E-state index is -0.0209. The molecule has 0 bridgehead atoms. The summed E-state index contributed by atoms with van der Waals surface area (Å²) in [5, 5.41) is 11.9. The van der Waals surface area contributed by atoms with Crippen LogP contribution in [-0.2, 0) is 6.42 Å². The van der Waals surface area contributed by atoms with Gasteiger partial charge in [0.2, 0.25) is 0 Å². The van der Waals surface area contributed by atoms with E-state index in [9.17, 15) is 4.79 Å². The molecule has 1 aliphatic rings. The molecule has 0 spiro atoms. The summed E-state index contributed by atoms with van der Waals surface area (Å²) < 4.78 is 0. The molecule has 1 aromatic heterocycles. The number of aryl methyl sites for hydroxylation is 3. The number of fused-ring (bicyclic) bond motifs is 1. The van der Waals surface area contributed by atoms with Gasteiger partial charge in [0.25, 0.3) is 0 Å². The molecule has 0 unspecified atom stereocenters. The number of hydrogen-bond acceptors (Lipinski definition) is 3. The van der Waals surface area contributed by atoms with Crippen LogP contribution in [0.15, 0.2) is 12.1 Å². The fourth-order valence-corrected chi connectivity index (χ4v) is 3.26. The number of nitrogens with zero attached hydrogens (tertiary/aromatic N) is 3. The number of benzene rings is 1. The Labute approximate surface area is 148 Å². The third kappa shape index (κ3) is 3.93. The average molecular weight is 339 g/mol. The highest BCUT2D eigenvalue weighted by molar-refractivity contribution is 5.79. The van der Waals surface area contributed by atoms with Gasteiger partial charge in [-0.3, -0.25) is 0 Å². The smallest absolute Gasteiger partial charge is 0.317 e. The van der Waals surface area contributed by atoms with Crippen molar-refractivity contribution in [2.75, 3.05) is 19.6 Å². The molecule has 2 N–H and O–H groups in total. The van der Waals surface area contributed by atoms with E-state index in [2.05, 4.69) is 47.3 Å². The number of likely N-dealkylation sites (tertiary alicyclic amines) is 1. The van der Waals surface area contributed by atoms with Gasteiger partial charge in [-0.25, -0.2) is 9.78 Å². The number of nitrogens with one attached hydrogen (secondary N) is 2. The van der Waals surface area contributed by atoms with Crippen molar-refractivity contribution in [1.82, 2.24) is 20.2 Å². The highest BCUT2D eigenvalue weighted by Gasteiger charge is 2.22. The number of urea groups is 1. The van der Waals surface area contributed by atoms with Gasteiger partial charge in [0.05, 0.1) is 17.1 Å². The largest absolute Gasteiger partial charge is 0.342 e. The first kappa shape index (κ1) is 17.3. The van der Waals surface area contributed by atoms with Crippen molar-refractivity contribution in [3.8, 4) is 6.07 Å². The molecule has 6 nitrogen and oxygen atoms in total. The van der Waals surface area contributed by atoms with E-state index in [0.717, 1.165) is 42.5 Å². The number of hydrogen-bond donors (Lipinski definition) is 2. The molecule has 1 aliphatic heterocycles. The Morgan fingerprint density at radius 1 is 1.40 bits per heavy atom. The summed E-state index contributed by atoms with van der Waals surface area (Å²) in [6, 6.07) is 6.44. The number of carbonyl (C=O) groups excluding carboxylic acids is 1. The lowest BCUT2D eigenvalue weighted by molar-refractivity contribution is 0.179. The Morgan fingerprint density at radius 2 is 2.16 bits per heavy atom. The predicted molar refractivity (Wildman–Crippen MR) is 97.2 cm³/mol. The first-order chi connectivity index (χ1) is 12.1. The van der Waals surface area contributed by atoms with Crippen LogP contribution in [0.1, 0.15) is 36.2 Å². The van der Waals surface area contributed by atoms with Crippen molar-refractivity contribution in [2.45, 2.75) is 39.5 Å². The zero-order valence-electron chi connectivity index (χ0n) is 14.9. The minimum Gasteiger partial charge on any atom is -0.342 e. The van der Waals surface area contributed by atoms with Crippen molar-refractivity contribution >= 4 is 17.1 Å². The van der Waals surface area contributed by atoms with Gasteiger partial charge in [-0.1, -0.05) is 6.07 Å². The van der Waals surface area contributed by atoms with Crippen LogP contribution in [0, 0.1) is 31.1 Å². The molecule has 1 aromatic carbocycles. The molecule has 0 atom stereocenters. The maximum Gasteiger partial charge on any atom is 0.317 e. The second kappa shape index (κ2) is 7.56. The topological polar surface area (TPSA) is 84.8 Å². The third-order valence-corrected chi connectivity index (χ3v) is 5.06. The lowest BCUT2D eigenvalue weighted by atomic mass is 9.99. The molecule has 2 amide bonds. The molecular formula is C19H25N5O. The van der Waals surface area contributed by atoms with E-state index in [1.54, 1.807) is 4.90 Å². The molecule has 1 fully saturated rings. The first-order valence-corrected chi connectivity index (χ1v) is 8.95. The Morgan fingerprint density at radius 3 is 2.88 bits per heavy atom. The van der Waals surface area contributed by atoms with E-state index in [-0.39, 0.29) is 11.9 Å². The number of aromatic nitrogens is 2. The molecule has 2 heterocycles. The van der Waals surface area contributed by atoms with Crippen molar-refractivity contribution < 1.29 is 4.79 Å². The van der Waals surface area contributed by atoms with Crippen molar-refractivity contribution in [3.05, 3.63) is 29.1 Å². The number of imidazole rings is 1. The molecule has 2 aromatic rings. The van der Waals surface area contributed by atoms with Crippen molar-refractivity contribution in [3.63, 3.8) is 0 Å². The molecule has 0 saturated carbocycles. The Kier molecular flexibility index (Phi) is 5.22. The quantitative estimate of drug-likeness (QED) is 0.840. The first-order valence-electron chi connectivity index (χ1n) is 8.95. The number of rotatable bonds is 4. The number of amides is 2. The van der Waals surface area contributed by atoms with Gasteiger partial charge in [-0.2, -0.15) is 5.26 Å². The Balaban J connectivity index is 1.45. The molecular weight excluding hydrogens is 314 g/mol. The summed E-state index contributed by atoms with van der Waals surface area (Å²) >= 11 is 0. The van der Waals surface area contributed by atoms with E-state index in [1.165, 1.54) is 11.1 Å². The molecule has 25 heavy (non-hydrogen) atoms. The van der Waals surface area contributed by atoms with Gasteiger partial charge in [0.1, 0.15) is 5.82 Å². The summed E-state index contributed by atoms with van der Waals surface area (Å²) in [7, 11) is 0. The van der Waals surface area contributed by atoms with E-state index < -0.39 is 0 Å². The van der Waals surface area contributed by atoms with Gasteiger partial charge in [0.15, 0.2) is 0 Å². The van der Waals surface area contributed by atoms with Crippen LogP contribution in [0.5, 0.6) is 0 Å². The highest BCUT2D eigenvalue weighted by Crippen LogP contribution is 2.19. The highest BCUT2D eigenvalue weighted by atomic mass is 16.2. The van der Waals surface area contributed by atoms with Crippen LogP contribution in [0.3, 0.4) is 0 Å². The SMILES string of the molecule is Cc1ccc2[nH]c(CCCNC(=O)N3CCC(C#N)CC3)nc2c1C. The van der Waals surface area contributed by atoms with Gasteiger partial charge in [-0.05, 0) is 50.3 Å². The summed E-state index contributed by atoms with van der Waals surface area (Å²) in [5.41, 5.74) is 4.58. The lowest BCUT2D eigenvalue weighted by Crippen LogP contribution is -2.44. The van der Waals surface area contributed by atoms with Crippen LogP contribution in [0.25, 0.3) is 11.0 Å². The van der Waals surface area contributed by atoms with Gasteiger partial charge in [0, 0.05) is 32.0 Å². The molecule has 3 rings (SSSR count). The Hall–Kier alpha value is -2.55. The summed E-state index contributed by atoms with van der Waals surface area (Å²) in [6.07, 6.45) is 3.21. The zero-order chi connectivity index (χ0) is 17.8. The Bertz CT molecular complexity index is 796.